The van der Waals surface area contributed by atoms with Crippen molar-refractivity contribution >= 4 is 16.0 Å². The van der Waals surface area contributed by atoms with E-state index in [1.54, 1.807) is 0 Å². The summed E-state index contributed by atoms with van der Waals surface area (Å²) in [7, 11) is -3.62. The third-order valence-electron chi connectivity index (χ3n) is 4.89. The summed E-state index contributed by atoms with van der Waals surface area (Å²) in [5.41, 5.74) is -0.800. The van der Waals surface area contributed by atoms with Crippen LogP contribution in [-0.4, -0.2) is 73.5 Å². The van der Waals surface area contributed by atoms with Gasteiger partial charge in [0.2, 0.25) is 0 Å². The Labute approximate surface area is 163 Å². The molecule has 3 rings (SSSR count). The number of halogens is 3. The highest BCUT2D eigenvalue weighted by molar-refractivity contribution is 7.86. The molecule has 2 saturated heterocycles. The summed E-state index contributed by atoms with van der Waals surface area (Å²) in [6.45, 7) is 5.83. The molecule has 11 heteroatoms. The summed E-state index contributed by atoms with van der Waals surface area (Å²) in [6.07, 6.45) is -3.39. The molecule has 0 amide bonds. The molecule has 28 heavy (non-hydrogen) atoms. The van der Waals surface area contributed by atoms with Crippen molar-refractivity contribution in [3.8, 4) is 0 Å². The van der Waals surface area contributed by atoms with Gasteiger partial charge in [-0.1, -0.05) is 0 Å². The quantitative estimate of drug-likeness (QED) is 0.745. The van der Waals surface area contributed by atoms with E-state index in [-0.39, 0.29) is 18.8 Å². The summed E-state index contributed by atoms with van der Waals surface area (Å²) in [4.78, 5) is 5.74. The van der Waals surface area contributed by atoms with E-state index >= 15 is 0 Å². The highest BCUT2D eigenvalue weighted by Crippen LogP contribution is 2.29. The summed E-state index contributed by atoms with van der Waals surface area (Å²) in [5.74, 6) is 0.417. The fourth-order valence-corrected chi connectivity index (χ4v) is 5.37. The summed E-state index contributed by atoms with van der Waals surface area (Å²) < 4.78 is 72.7. The molecule has 1 aromatic heterocycles. The zero-order valence-electron chi connectivity index (χ0n) is 15.9. The largest absolute Gasteiger partial charge is 0.417 e. The van der Waals surface area contributed by atoms with Gasteiger partial charge in [0.1, 0.15) is 5.82 Å². The maximum Gasteiger partial charge on any atom is 0.417 e. The lowest BCUT2D eigenvalue weighted by atomic mass is 10.2. The van der Waals surface area contributed by atoms with Crippen molar-refractivity contribution in [3.05, 3.63) is 23.9 Å². The van der Waals surface area contributed by atoms with Crippen LogP contribution in [0.3, 0.4) is 0 Å². The minimum Gasteiger partial charge on any atom is -0.373 e. The minimum atomic E-state index is -4.43. The number of pyridine rings is 1. The Balaban J connectivity index is 1.67. The van der Waals surface area contributed by atoms with Crippen molar-refractivity contribution in [1.29, 1.82) is 0 Å². The van der Waals surface area contributed by atoms with Crippen LogP contribution in [0.25, 0.3) is 0 Å². The number of aromatic nitrogens is 1. The van der Waals surface area contributed by atoms with E-state index < -0.39 is 21.9 Å². The van der Waals surface area contributed by atoms with Crippen LogP contribution in [0.15, 0.2) is 18.3 Å². The monoisotopic (exact) mass is 422 g/mol. The van der Waals surface area contributed by atoms with Crippen LogP contribution in [0.2, 0.25) is 0 Å². The molecule has 0 unspecified atom stereocenters. The van der Waals surface area contributed by atoms with Gasteiger partial charge in [-0.15, -0.1) is 0 Å². The molecule has 0 N–H and O–H groups in total. The second-order valence-corrected chi connectivity index (χ2v) is 9.15. The Morgan fingerprint density at radius 2 is 1.71 bits per heavy atom. The smallest absolute Gasteiger partial charge is 0.373 e. The lowest BCUT2D eigenvalue weighted by Gasteiger charge is -2.37. The molecule has 0 bridgehead atoms. The maximum absolute atomic E-state index is 13.0. The number of alkyl halides is 3. The maximum atomic E-state index is 13.0. The second-order valence-electron chi connectivity index (χ2n) is 7.22. The molecule has 3 heterocycles. The zero-order chi connectivity index (χ0) is 20.5. The van der Waals surface area contributed by atoms with Gasteiger partial charge in [0, 0.05) is 45.5 Å². The molecular weight excluding hydrogens is 397 g/mol. The van der Waals surface area contributed by atoms with Gasteiger partial charge in [0.05, 0.1) is 17.8 Å². The number of nitrogens with zero attached hydrogens (tertiary/aromatic N) is 4. The first kappa shape index (κ1) is 21.3. The summed E-state index contributed by atoms with van der Waals surface area (Å²) >= 11 is 0. The molecule has 7 nitrogen and oxygen atoms in total. The average Bonchev–Trinajstić information content (AvgIpc) is 2.87. The van der Waals surface area contributed by atoms with Crippen LogP contribution < -0.4 is 4.90 Å². The predicted octanol–water partition coefficient (Wildman–Crippen LogP) is 1.97. The molecule has 2 fully saturated rings. The van der Waals surface area contributed by atoms with Crippen molar-refractivity contribution in [2.75, 3.05) is 44.2 Å². The second kappa shape index (κ2) is 8.13. The fraction of sp³-hybridized carbons (Fsp3) is 0.706. The topological polar surface area (TPSA) is 66.0 Å². The van der Waals surface area contributed by atoms with E-state index in [2.05, 4.69) is 4.98 Å². The van der Waals surface area contributed by atoms with Gasteiger partial charge in [-0.05, 0) is 32.4 Å². The standard InChI is InChI=1S/C17H25F3N4O3S/c1-13-11-24(12-14(2)27-13)28(25,26)23-7-3-6-22(8-9-23)16-5-4-15(10-21-16)17(18,19)20/h4-5,10,13-14H,3,6-9,11-12H2,1-2H3/t13-,14+. The van der Waals surface area contributed by atoms with Crippen LogP contribution in [0, 0.1) is 0 Å². The highest BCUT2D eigenvalue weighted by Gasteiger charge is 2.36. The average molecular weight is 422 g/mol. The van der Waals surface area contributed by atoms with Crippen LogP contribution in [0.5, 0.6) is 0 Å². The normalized spacial score (nSPS) is 26.2. The van der Waals surface area contributed by atoms with Crippen molar-refractivity contribution in [1.82, 2.24) is 13.6 Å². The summed E-state index contributed by atoms with van der Waals surface area (Å²) in [5, 5.41) is 0. The minimum absolute atomic E-state index is 0.168. The molecule has 0 aromatic carbocycles. The molecule has 2 aliphatic heterocycles. The fourth-order valence-electron chi connectivity index (χ4n) is 3.58. The van der Waals surface area contributed by atoms with Crippen LogP contribution in [0.1, 0.15) is 25.8 Å². The molecule has 0 radical (unpaired) electrons. The van der Waals surface area contributed by atoms with Crippen LogP contribution in [-0.2, 0) is 21.1 Å². The zero-order valence-corrected chi connectivity index (χ0v) is 16.7. The van der Waals surface area contributed by atoms with Crippen molar-refractivity contribution in [3.63, 3.8) is 0 Å². The molecule has 158 valence electrons. The number of hydrogen-bond donors (Lipinski definition) is 0. The van der Waals surface area contributed by atoms with E-state index in [1.807, 2.05) is 18.7 Å². The highest BCUT2D eigenvalue weighted by atomic mass is 32.2. The first-order valence-corrected chi connectivity index (χ1v) is 10.7. The van der Waals surface area contributed by atoms with Crippen molar-refractivity contribution in [2.24, 2.45) is 0 Å². The Morgan fingerprint density at radius 3 is 2.29 bits per heavy atom. The van der Waals surface area contributed by atoms with E-state index in [4.69, 9.17) is 4.74 Å². The van der Waals surface area contributed by atoms with E-state index in [1.165, 1.54) is 14.7 Å². The van der Waals surface area contributed by atoms with Gasteiger partial charge in [0.25, 0.3) is 10.2 Å². The first-order chi connectivity index (χ1) is 13.1. The first-order valence-electron chi connectivity index (χ1n) is 9.26. The number of rotatable bonds is 3. The summed E-state index contributed by atoms with van der Waals surface area (Å²) in [6, 6.07) is 2.33. The van der Waals surface area contributed by atoms with Gasteiger partial charge in [-0.2, -0.15) is 30.2 Å². The van der Waals surface area contributed by atoms with E-state index in [0.717, 1.165) is 12.3 Å². The Morgan fingerprint density at radius 1 is 1.04 bits per heavy atom. The van der Waals surface area contributed by atoms with Crippen molar-refractivity contribution < 1.29 is 26.3 Å². The predicted molar refractivity (Wildman–Crippen MR) is 98.1 cm³/mol. The lowest BCUT2D eigenvalue weighted by molar-refractivity contribution is -0.137. The molecule has 0 aliphatic carbocycles. The number of anilines is 1. The van der Waals surface area contributed by atoms with Crippen LogP contribution >= 0.6 is 0 Å². The van der Waals surface area contributed by atoms with E-state index in [9.17, 15) is 21.6 Å². The molecular formula is C17H25F3N4O3S. The molecule has 0 spiro atoms. The Kier molecular flexibility index (Phi) is 6.18. The number of ether oxygens (including phenoxy) is 1. The third-order valence-corrected chi connectivity index (χ3v) is 6.86. The van der Waals surface area contributed by atoms with E-state index in [0.29, 0.717) is 45.0 Å². The number of hydrogen-bond acceptors (Lipinski definition) is 5. The van der Waals surface area contributed by atoms with Gasteiger partial charge >= 0.3 is 6.18 Å². The third kappa shape index (κ3) is 4.76. The van der Waals surface area contributed by atoms with Gasteiger partial charge in [-0.3, -0.25) is 0 Å². The van der Waals surface area contributed by atoms with Crippen LogP contribution in [0.4, 0.5) is 19.0 Å². The Hall–Kier alpha value is -1.43. The number of morpholine rings is 1. The molecule has 2 atom stereocenters. The van der Waals surface area contributed by atoms with Gasteiger partial charge in [-0.25, -0.2) is 4.98 Å². The molecule has 0 saturated carbocycles. The molecule has 1 aromatic rings. The SMILES string of the molecule is C[C@@H]1CN(S(=O)(=O)N2CCCN(c3ccc(C(F)(F)F)cn3)CC2)C[C@H](C)O1. The molecule has 2 aliphatic rings. The van der Waals surface area contributed by atoms with Gasteiger partial charge < -0.3 is 9.64 Å². The lowest BCUT2D eigenvalue weighted by Crippen LogP contribution is -2.53. The van der Waals surface area contributed by atoms with Crippen molar-refractivity contribution in [2.45, 2.75) is 38.7 Å². The Bertz CT molecular complexity index is 763. The van der Waals surface area contributed by atoms with Gasteiger partial charge in [0.15, 0.2) is 0 Å².